The zero-order valence-electron chi connectivity index (χ0n) is 12.7. The number of hydrazone groups is 1. The van der Waals surface area contributed by atoms with Gasteiger partial charge in [-0.05, 0) is 24.3 Å². The van der Waals surface area contributed by atoms with E-state index in [1.165, 1.54) is 18.3 Å². The summed E-state index contributed by atoms with van der Waals surface area (Å²) in [6, 6.07) is 1.90. The highest BCUT2D eigenvalue weighted by Crippen LogP contribution is 2.58. The Labute approximate surface area is 139 Å². The van der Waals surface area contributed by atoms with Crippen LogP contribution in [0.3, 0.4) is 0 Å². The zero-order chi connectivity index (χ0) is 18.0. The highest BCUT2D eigenvalue weighted by Gasteiger charge is 2.78. The van der Waals surface area contributed by atoms with E-state index in [4.69, 9.17) is 4.74 Å². The van der Waals surface area contributed by atoms with Gasteiger partial charge in [-0.3, -0.25) is 14.6 Å². The average Bonchev–Trinajstić information content (AvgIpc) is 3.06. The van der Waals surface area contributed by atoms with Gasteiger partial charge in [0, 0.05) is 24.6 Å². The highest BCUT2D eigenvalue weighted by molar-refractivity contribution is 6.01. The molecule has 2 saturated heterocycles. The van der Waals surface area contributed by atoms with Crippen molar-refractivity contribution in [3.05, 3.63) is 35.6 Å². The minimum absolute atomic E-state index is 0.0642. The molecule has 1 aromatic carbocycles. The lowest BCUT2D eigenvalue weighted by Gasteiger charge is -2.33. The molecule has 132 valence electrons. The van der Waals surface area contributed by atoms with Crippen LogP contribution in [0.2, 0.25) is 0 Å². The third kappa shape index (κ3) is 2.04. The first-order valence-corrected chi connectivity index (χ1v) is 7.64. The van der Waals surface area contributed by atoms with Gasteiger partial charge < -0.3 is 4.74 Å². The summed E-state index contributed by atoms with van der Waals surface area (Å²) >= 11 is 0. The second kappa shape index (κ2) is 5.03. The summed E-state index contributed by atoms with van der Waals surface area (Å²) in [4.78, 5) is 24.8. The predicted molar refractivity (Wildman–Crippen MR) is 76.2 cm³/mol. The molecule has 4 atom stereocenters. The minimum atomic E-state index is -4.87. The third-order valence-corrected chi connectivity index (χ3v) is 5.09. The molecule has 0 unspecified atom stereocenters. The molecule has 5 nitrogen and oxygen atoms in total. The molecule has 4 rings (SSSR count). The first-order chi connectivity index (χ1) is 11.8. The zero-order valence-corrected chi connectivity index (χ0v) is 12.7. The van der Waals surface area contributed by atoms with E-state index in [1.807, 2.05) is 0 Å². The van der Waals surface area contributed by atoms with E-state index >= 15 is 0 Å². The monoisotopic (exact) mass is 356 g/mol. The van der Waals surface area contributed by atoms with Crippen molar-refractivity contribution in [3.63, 3.8) is 0 Å². The molecule has 9 heteroatoms. The molecule has 3 aliphatic rings. The Morgan fingerprint density at radius 1 is 1.28 bits per heavy atom. The lowest BCUT2D eigenvalue weighted by molar-refractivity contribution is -0.224. The van der Waals surface area contributed by atoms with Crippen LogP contribution in [0.1, 0.15) is 23.2 Å². The minimum Gasteiger partial charge on any atom is -0.459 e. The Bertz CT molecular complexity index is 777. The number of ketones is 1. The Balaban J connectivity index is 1.77. The third-order valence-electron chi connectivity index (χ3n) is 5.09. The lowest BCUT2D eigenvalue weighted by atomic mass is 9.77. The number of carbonyl (C=O) groups excluding carboxylic acids is 2. The largest absolute Gasteiger partial charge is 0.459 e. The normalized spacial score (nSPS) is 33.4. The highest BCUT2D eigenvalue weighted by atomic mass is 19.4. The van der Waals surface area contributed by atoms with Gasteiger partial charge in [-0.1, -0.05) is 0 Å². The maximum atomic E-state index is 13.8. The van der Waals surface area contributed by atoms with Gasteiger partial charge in [-0.15, -0.1) is 0 Å². The number of nitrogens with zero attached hydrogens (tertiary/aromatic N) is 2. The Morgan fingerprint density at radius 2 is 1.96 bits per heavy atom. The maximum absolute atomic E-state index is 13.8. The summed E-state index contributed by atoms with van der Waals surface area (Å²) in [7, 11) is 0. The van der Waals surface area contributed by atoms with E-state index in [-0.39, 0.29) is 12.0 Å². The van der Waals surface area contributed by atoms with Gasteiger partial charge in [-0.25, -0.2) is 4.39 Å². The lowest BCUT2D eigenvalue weighted by Crippen LogP contribution is -2.52. The van der Waals surface area contributed by atoms with Crippen LogP contribution in [0.4, 0.5) is 17.6 Å². The van der Waals surface area contributed by atoms with Crippen molar-refractivity contribution in [1.82, 2.24) is 5.01 Å². The van der Waals surface area contributed by atoms with Crippen LogP contribution >= 0.6 is 0 Å². The number of Topliss-reactive ketones (excluding diaryl/α,β-unsaturated/α-hetero) is 1. The van der Waals surface area contributed by atoms with Crippen molar-refractivity contribution in [3.8, 4) is 0 Å². The molecular weight excluding hydrogens is 344 g/mol. The summed E-state index contributed by atoms with van der Waals surface area (Å²) in [6.07, 6.45) is -5.20. The van der Waals surface area contributed by atoms with Crippen molar-refractivity contribution >= 4 is 18.0 Å². The van der Waals surface area contributed by atoms with E-state index in [9.17, 15) is 27.2 Å². The molecule has 0 radical (unpaired) electrons. The SMILES string of the molecule is O=C(c1ccc(F)cc1)[C@H]1C[C@]2(C(F)(F)F)C(=O)O[C@@H]3CC=NN1[C@@H]32. The van der Waals surface area contributed by atoms with Crippen molar-refractivity contribution in [2.24, 2.45) is 10.5 Å². The molecule has 1 aromatic rings. The molecule has 0 N–H and O–H groups in total. The first kappa shape index (κ1) is 16.0. The molecule has 2 fully saturated rings. The average molecular weight is 356 g/mol. The molecule has 0 bridgehead atoms. The van der Waals surface area contributed by atoms with E-state index in [2.05, 4.69) is 5.10 Å². The fourth-order valence-corrected chi connectivity index (χ4v) is 3.93. The maximum Gasteiger partial charge on any atom is 0.407 e. The molecule has 0 saturated carbocycles. The van der Waals surface area contributed by atoms with E-state index in [0.717, 1.165) is 17.1 Å². The summed E-state index contributed by atoms with van der Waals surface area (Å²) in [6.45, 7) is 0. The molecule has 0 aliphatic carbocycles. The fourth-order valence-electron chi connectivity index (χ4n) is 3.93. The second-order valence-electron chi connectivity index (χ2n) is 6.36. The number of rotatable bonds is 2. The van der Waals surface area contributed by atoms with Crippen LogP contribution in [0.5, 0.6) is 0 Å². The van der Waals surface area contributed by atoms with Crippen LogP contribution in [0.15, 0.2) is 29.4 Å². The molecule has 0 amide bonds. The van der Waals surface area contributed by atoms with Crippen molar-refractivity contribution in [2.75, 3.05) is 0 Å². The van der Waals surface area contributed by atoms with Gasteiger partial charge in [-0.2, -0.15) is 18.3 Å². The van der Waals surface area contributed by atoms with Gasteiger partial charge in [0.15, 0.2) is 11.2 Å². The van der Waals surface area contributed by atoms with E-state index in [1.54, 1.807) is 0 Å². The Kier molecular flexibility index (Phi) is 3.23. The van der Waals surface area contributed by atoms with E-state index in [0.29, 0.717) is 0 Å². The molecule has 3 heterocycles. The number of hydrogen-bond acceptors (Lipinski definition) is 5. The van der Waals surface area contributed by atoms with Crippen LogP contribution in [0, 0.1) is 11.2 Å². The molecule has 3 aliphatic heterocycles. The fraction of sp³-hybridized carbons (Fsp3) is 0.438. The molecule has 0 spiro atoms. The van der Waals surface area contributed by atoms with Gasteiger partial charge in [0.1, 0.15) is 24.0 Å². The first-order valence-electron chi connectivity index (χ1n) is 7.64. The van der Waals surface area contributed by atoms with Gasteiger partial charge >= 0.3 is 12.1 Å². The van der Waals surface area contributed by atoms with Crippen molar-refractivity contribution in [1.29, 1.82) is 0 Å². The number of esters is 1. The number of halogens is 4. The van der Waals surface area contributed by atoms with Crippen LogP contribution in [-0.4, -0.2) is 47.3 Å². The number of hydrogen-bond donors (Lipinski definition) is 0. The summed E-state index contributed by atoms with van der Waals surface area (Å²) in [5.41, 5.74) is -2.70. The number of alkyl halides is 3. The van der Waals surface area contributed by atoms with E-state index < -0.39 is 53.8 Å². The summed E-state index contributed by atoms with van der Waals surface area (Å²) in [5, 5.41) is 4.99. The number of carbonyl (C=O) groups is 2. The molecule has 25 heavy (non-hydrogen) atoms. The van der Waals surface area contributed by atoms with Gasteiger partial charge in [0.05, 0.1) is 0 Å². The Hall–Kier alpha value is -2.45. The summed E-state index contributed by atoms with van der Waals surface area (Å²) < 4.78 is 59.4. The quantitative estimate of drug-likeness (QED) is 0.464. The van der Waals surface area contributed by atoms with Crippen LogP contribution in [-0.2, 0) is 9.53 Å². The van der Waals surface area contributed by atoms with Gasteiger partial charge in [0.25, 0.3) is 0 Å². The second-order valence-corrected chi connectivity index (χ2v) is 6.36. The smallest absolute Gasteiger partial charge is 0.407 e. The molecule has 0 aromatic heterocycles. The number of ether oxygens (including phenoxy) is 1. The van der Waals surface area contributed by atoms with Crippen LogP contribution in [0.25, 0.3) is 0 Å². The summed E-state index contributed by atoms with van der Waals surface area (Å²) in [5.74, 6) is -2.56. The molecular formula is C16H12F4N2O3. The predicted octanol–water partition coefficient (Wildman–Crippen LogP) is 2.31. The van der Waals surface area contributed by atoms with Crippen LogP contribution < -0.4 is 0 Å². The standard InChI is InChI=1S/C16H12F4N2O3/c17-9-3-1-8(2-4-9)12(23)10-7-15(16(18,19)20)13-11(25-14(15)24)5-6-21-22(10)13/h1-4,6,10-11,13H,5,7H2/t10-,11-,13+,15-/m1/s1. The Morgan fingerprint density at radius 3 is 2.60 bits per heavy atom. The van der Waals surface area contributed by atoms with Crippen molar-refractivity contribution in [2.45, 2.75) is 37.2 Å². The van der Waals surface area contributed by atoms with Crippen molar-refractivity contribution < 1.29 is 31.9 Å². The topological polar surface area (TPSA) is 59.0 Å². The van der Waals surface area contributed by atoms with Gasteiger partial charge in [0.2, 0.25) is 0 Å². The number of benzene rings is 1.